The zero-order valence-electron chi connectivity index (χ0n) is 14.5. The molecule has 3 heterocycles. The molecule has 0 saturated heterocycles. The topological polar surface area (TPSA) is 85.6 Å². The standard InChI is InChI=1S/C17H19FN6O/c1-5-12-11-9-20-14(21-10(2)25)8-13(11)24(23-12)15-6-7-19-16(22-15)17(3,4)18/h6-9H,5H2,1-4H3,(H,20,21,25). The number of nitrogens with one attached hydrogen (secondary N) is 1. The third kappa shape index (κ3) is 3.33. The van der Waals surface area contributed by atoms with E-state index in [4.69, 9.17) is 0 Å². The van der Waals surface area contributed by atoms with Crippen LogP contribution in [0, 0.1) is 0 Å². The summed E-state index contributed by atoms with van der Waals surface area (Å²) in [5.41, 5.74) is -0.0800. The molecule has 25 heavy (non-hydrogen) atoms. The van der Waals surface area contributed by atoms with E-state index in [1.54, 1.807) is 23.0 Å². The Hall–Kier alpha value is -2.90. The normalized spacial score (nSPS) is 11.7. The number of hydrogen-bond donors (Lipinski definition) is 1. The quantitative estimate of drug-likeness (QED) is 0.788. The average molecular weight is 342 g/mol. The Morgan fingerprint density at radius 3 is 2.76 bits per heavy atom. The molecule has 0 bridgehead atoms. The second kappa shape index (κ2) is 6.19. The molecule has 1 amide bonds. The van der Waals surface area contributed by atoms with Crippen LogP contribution in [0.15, 0.2) is 24.5 Å². The molecule has 0 aliphatic rings. The fraction of sp³-hybridized carbons (Fsp3) is 0.353. The second-order valence-corrected chi connectivity index (χ2v) is 6.19. The van der Waals surface area contributed by atoms with Gasteiger partial charge in [-0.2, -0.15) is 5.10 Å². The van der Waals surface area contributed by atoms with Crippen LogP contribution >= 0.6 is 0 Å². The Bertz CT molecular complexity index is 944. The van der Waals surface area contributed by atoms with Gasteiger partial charge in [-0.05, 0) is 20.3 Å². The maximum atomic E-state index is 14.2. The van der Waals surface area contributed by atoms with Gasteiger partial charge in [-0.1, -0.05) is 6.92 Å². The summed E-state index contributed by atoms with van der Waals surface area (Å²) in [5, 5.41) is 8.08. The average Bonchev–Trinajstić information content (AvgIpc) is 2.91. The molecule has 3 aromatic heterocycles. The zero-order chi connectivity index (χ0) is 18.2. The number of hydrogen-bond acceptors (Lipinski definition) is 5. The molecule has 1 N–H and O–H groups in total. The van der Waals surface area contributed by atoms with Crippen molar-refractivity contribution in [3.8, 4) is 5.82 Å². The molecule has 0 aliphatic heterocycles. The number of alkyl halides is 1. The molecule has 130 valence electrons. The van der Waals surface area contributed by atoms with Crippen LogP contribution in [0.1, 0.15) is 39.2 Å². The summed E-state index contributed by atoms with van der Waals surface area (Å²) in [6, 6.07) is 3.39. The highest BCUT2D eigenvalue weighted by molar-refractivity contribution is 5.91. The van der Waals surface area contributed by atoms with E-state index >= 15 is 0 Å². The minimum Gasteiger partial charge on any atom is -0.311 e. The monoisotopic (exact) mass is 342 g/mol. The first-order chi connectivity index (χ1) is 11.8. The van der Waals surface area contributed by atoms with Gasteiger partial charge in [0.2, 0.25) is 5.91 Å². The molecule has 0 radical (unpaired) electrons. The predicted molar refractivity (Wildman–Crippen MR) is 92.3 cm³/mol. The van der Waals surface area contributed by atoms with Crippen molar-refractivity contribution in [2.24, 2.45) is 0 Å². The molecule has 7 nitrogen and oxygen atoms in total. The molecule has 0 saturated carbocycles. The van der Waals surface area contributed by atoms with E-state index in [-0.39, 0.29) is 11.7 Å². The largest absolute Gasteiger partial charge is 0.311 e. The van der Waals surface area contributed by atoms with Crippen molar-refractivity contribution in [3.05, 3.63) is 36.0 Å². The number of nitrogens with zero attached hydrogens (tertiary/aromatic N) is 5. The van der Waals surface area contributed by atoms with Crippen LogP contribution in [0.4, 0.5) is 10.2 Å². The molecule has 0 aromatic carbocycles. The van der Waals surface area contributed by atoms with Crippen LogP contribution in [-0.4, -0.2) is 30.6 Å². The Morgan fingerprint density at radius 1 is 1.36 bits per heavy atom. The number of carbonyl (C=O) groups excluding carboxylic acids is 1. The summed E-state index contributed by atoms with van der Waals surface area (Å²) in [6.07, 6.45) is 3.88. The molecule has 0 unspecified atom stereocenters. The number of aromatic nitrogens is 5. The van der Waals surface area contributed by atoms with Crippen LogP contribution in [0.5, 0.6) is 0 Å². The highest BCUT2D eigenvalue weighted by atomic mass is 19.1. The molecule has 3 aromatic rings. The van der Waals surface area contributed by atoms with Crippen LogP contribution < -0.4 is 5.32 Å². The van der Waals surface area contributed by atoms with Crippen LogP contribution in [0.2, 0.25) is 0 Å². The Kier molecular flexibility index (Phi) is 4.20. The van der Waals surface area contributed by atoms with E-state index in [1.807, 2.05) is 6.92 Å². The summed E-state index contributed by atoms with van der Waals surface area (Å²) in [7, 11) is 0. The van der Waals surface area contributed by atoms with Crippen molar-refractivity contribution < 1.29 is 9.18 Å². The van der Waals surface area contributed by atoms with E-state index < -0.39 is 5.67 Å². The fourth-order valence-corrected chi connectivity index (χ4v) is 2.51. The number of anilines is 1. The third-order valence-corrected chi connectivity index (χ3v) is 3.67. The van der Waals surface area contributed by atoms with Gasteiger partial charge in [0, 0.05) is 36.8 Å². The van der Waals surface area contributed by atoms with Crippen molar-refractivity contribution in [1.82, 2.24) is 24.7 Å². The van der Waals surface area contributed by atoms with Crippen molar-refractivity contribution in [2.75, 3.05) is 5.32 Å². The van der Waals surface area contributed by atoms with E-state index in [0.29, 0.717) is 18.1 Å². The number of aryl methyl sites for hydroxylation is 1. The summed E-state index contributed by atoms with van der Waals surface area (Å²) in [6.45, 7) is 6.22. The first kappa shape index (κ1) is 16.9. The van der Waals surface area contributed by atoms with Crippen LogP contribution in [-0.2, 0) is 16.9 Å². The second-order valence-electron chi connectivity index (χ2n) is 6.19. The van der Waals surface area contributed by atoms with Gasteiger partial charge in [-0.3, -0.25) is 4.79 Å². The van der Waals surface area contributed by atoms with E-state index in [9.17, 15) is 9.18 Å². The van der Waals surface area contributed by atoms with Crippen molar-refractivity contribution in [1.29, 1.82) is 0 Å². The highest BCUT2D eigenvalue weighted by Crippen LogP contribution is 2.25. The molecular weight excluding hydrogens is 323 g/mol. The molecule has 0 fully saturated rings. The first-order valence-electron chi connectivity index (χ1n) is 7.97. The number of pyridine rings is 1. The fourth-order valence-electron chi connectivity index (χ4n) is 2.51. The smallest absolute Gasteiger partial charge is 0.222 e. The van der Waals surface area contributed by atoms with Gasteiger partial charge >= 0.3 is 0 Å². The first-order valence-corrected chi connectivity index (χ1v) is 7.97. The van der Waals surface area contributed by atoms with Gasteiger partial charge < -0.3 is 5.32 Å². The minimum atomic E-state index is -1.66. The van der Waals surface area contributed by atoms with Crippen molar-refractivity contribution in [2.45, 2.75) is 39.8 Å². The Balaban J connectivity index is 2.19. The molecule has 0 spiro atoms. The van der Waals surface area contributed by atoms with Gasteiger partial charge in [0.15, 0.2) is 17.3 Å². The lowest BCUT2D eigenvalue weighted by atomic mass is 10.1. The third-order valence-electron chi connectivity index (χ3n) is 3.67. The number of rotatable bonds is 4. The van der Waals surface area contributed by atoms with Gasteiger partial charge in [0.1, 0.15) is 5.82 Å². The number of carbonyl (C=O) groups is 1. The Morgan fingerprint density at radius 2 is 2.12 bits per heavy atom. The SMILES string of the molecule is CCc1nn(-c2ccnc(C(C)(C)F)n2)c2cc(NC(C)=O)ncc12. The highest BCUT2D eigenvalue weighted by Gasteiger charge is 2.23. The molecule has 8 heteroatoms. The lowest BCUT2D eigenvalue weighted by Crippen LogP contribution is -2.16. The molecule has 0 atom stereocenters. The predicted octanol–water partition coefficient (Wildman–Crippen LogP) is 2.94. The lowest BCUT2D eigenvalue weighted by Gasteiger charge is -2.13. The summed E-state index contributed by atoms with van der Waals surface area (Å²) >= 11 is 0. The summed E-state index contributed by atoms with van der Waals surface area (Å²) in [4.78, 5) is 23.8. The van der Waals surface area contributed by atoms with Crippen LogP contribution in [0.3, 0.4) is 0 Å². The maximum absolute atomic E-state index is 14.2. The summed E-state index contributed by atoms with van der Waals surface area (Å²) in [5.74, 6) is 0.754. The lowest BCUT2D eigenvalue weighted by molar-refractivity contribution is -0.114. The number of fused-ring (bicyclic) bond motifs is 1. The maximum Gasteiger partial charge on any atom is 0.222 e. The Labute approximate surface area is 144 Å². The molecular formula is C17H19FN6O. The van der Waals surface area contributed by atoms with Crippen molar-refractivity contribution in [3.63, 3.8) is 0 Å². The van der Waals surface area contributed by atoms with Gasteiger partial charge in [-0.25, -0.2) is 24.0 Å². The van der Waals surface area contributed by atoms with Gasteiger partial charge in [-0.15, -0.1) is 0 Å². The summed E-state index contributed by atoms with van der Waals surface area (Å²) < 4.78 is 15.8. The number of halogens is 1. The molecule has 3 rings (SSSR count). The zero-order valence-corrected chi connectivity index (χ0v) is 14.5. The minimum absolute atomic E-state index is 0.0860. The molecule has 0 aliphatic carbocycles. The van der Waals surface area contributed by atoms with E-state index in [0.717, 1.165) is 16.6 Å². The van der Waals surface area contributed by atoms with Gasteiger partial charge in [0.05, 0.1) is 11.2 Å². The van der Waals surface area contributed by atoms with E-state index in [1.165, 1.54) is 27.0 Å². The van der Waals surface area contributed by atoms with Crippen molar-refractivity contribution >= 4 is 22.6 Å². The van der Waals surface area contributed by atoms with Gasteiger partial charge in [0.25, 0.3) is 0 Å². The number of amides is 1. The van der Waals surface area contributed by atoms with E-state index in [2.05, 4.69) is 25.4 Å². The van der Waals surface area contributed by atoms with Crippen LogP contribution in [0.25, 0.3) is 16.7 Å².